The molecule has 0 spiro atoms. The quantitative estimate of drug-likeness (QED) is 0.731. The molecule has 2 aromatic rings. The van der Waals surface area contributed by atoms with E-state index >= 15 is 0 Å². The Kier molecular flexibility index (Phi) is 5.66. The van der Waals surface area contributed by atoms with Crippen LogP contribution in [-0.4, -0.2) is 29.7 Å². The number of nitrogens with one attached hydrogen (secondary N) is 2. The van der Waals surface area contributed by atoms with Crippen molar-refractivity contribution in [2.24, 2.45) is 0 Å². The smallest absolute Gasteiger partial charge is 0.355 e. The van der Waals surface area contributed by atoms with Gasteiger partial charge in [0.2, 0.25) is 0 Å². The summed E-state index contributed by atoms with van der Waals surface area (Å²) < 4.78 is 94.4. The molecule has 0 aromatic heterocycles. The highest BCUT2D eigenvalue weighted by Crippen LogP contribution is 2.29. The average molecular weight is 410 g/mol. The first-order chi connectivity index (χ1) is 12.0. The molecule has 0 atom stereocenters. The van der Waals surface area contributed by atoms with Gasteiger partial charge in [-0.25, -0.2) is 21.2 Å². The van der Waals surface area contributed by atoms with E-state index in [0.29, 0.717) is 0 Å². The highest BCUT2D eigenvalue weighted by Gasteiger charge is 2.28. The third-order valence-corrected chi connectivity index (χ3v) is 5.47. The second-order valence-corrected chi connectivity index (χ2v) is 8.18. The topological polar surface area (TPSA) is 102 Å². The van der Waals surface area contributed by atoms with Crippen LogP contribution in [0.15, 0.2) is 47.4 Å². The van der Waals surface area contributed by atoms with Crippen molar-refractivity contribution in [1.82, 2.24) is 0 Å². The molecule has 0 radical (unpaired) electrons. The first kappa shape index (κ1) is 19.8. The molecule has 0 saturated heterocycles. The molecule has 0 aliphatic rings. The number of halogens is 3. The number of hydrogen-bond donors (Lipinski definition) is 2. The zero-order valence-electron chi connectivity index (χ0n) is 13.1. The fourth-order valence-electron chi connectivity index (χ4n) is 1.88. The molecular formula is C14H13F3N2O5S2. The Morgan fingerprint density at radius 3 is 2.12 bits per heavy atom. The molecule has 0 fully saturated rings. The van der Waals surface area contributed by atoms with Crippen LogP contribution < -0.4 is 14.2 Å². The van der Waals surface area contributed by atoms with Crippen LogP contribution in [0.1, 0.15) is 0 Å². The van der Waals surface area contributed by atoms with Gasteiger partial charge < -0.3 is 4.74 Å². The van der Waals surface area contributed by atoms with E-state index in [1.165, 1.54) is 17.9 Å². The molecule has 2 N–H and O–H groups in total. The Hall–Kier alpha value is -2.47. The highest BCUT2D eigenvalue weighted by molar-refractivity contribution is 7.94. The molecule has 0 heterocycles. The molecule has 26 heavy (non-hydrogen) atoms. The maximum atomic E-state index is 12.9. The third kappa shape index (κ3) is 4.58. The molecule has 7 nitrogen and oxygen atoms in total. The Morgan fingerprint density at radius 1 is 0.962 bits per heavy atom. The van der Waals surface area contributed by atoms with Crippen LogP contribution >= 0.6 is 0 Å². The number of hydrogen-bond acceptors (Lipinski definition) is 5. The normalized spacial score (nSPS) is 12.0. The highest BCUT2D eigenvalue weighted by atomic mass is 32.2. The van der Waals surface area contributed by atoms with E-state index in [1.54, 1.807) is 0 Å². The van der Waals surface area contributed by atoms with E-state index < -0.39 is 42.2 Å². The SMILES string of the molecule is COc1ccc(S(=O)(=O)Nc2ccc(F)cc2)c(NS(=O)(=O)C(F)F)c1. The second kappa shape index (κ2) is 7.41. The van der Waals surface area contributed by atoms with E-state index in [0.717, 1.165) is 36.4 Å². The van der Waals surface area contributed by atoms with Crippen molar-refractivity contribution in [2.75, 3.05) is 16.6 Å². The van der Waals surface area contributed by atoms with Crippen LogP contribution in [0.2, 0.25) is 0 Å². The predicted molar refractivity (Wildman–Crippen MR) is 88.7 cm³/mol. The monoisotopic (exact) mass is 410 g/mol. The molecule has 142 valence electrons. The molecule has 2 aromatic carbocycles. The van der Waals surface area contributed by atoms with Crippen molar-refractivity contribution in [1.29, 1.82) is 0 Å². The Bertz CT molecular complexity index is 994. The maximum absolute atomic E-state index is 12.9. The summed E-state index contributed by atoms with van der Waals surface area (Å²) in [4.78, 5) is -0.619. The second-order valence-electron chi connectivity index (χ2n) is 4.88. The zero-order chi connectivity index (χ0) is 19.5. The minimum absolute atomic E-state index is 0.00937. The maximum Gasteiger partial charge on any atom is 0.355 e. The lowest BCUT2D eigenvalue weighted by molar-refractivity contribution is 0.236. The lowest BCUT2D eigenvalue weighted by Gasteiger charge is -2.15. The number of ether oxygens (including phenoxy) is 1. The lowest BCUT2D eigenvalue weighted by atomic mass is 10.3. The molecule has 12 heteroatoms. The Morgan fingerprint density at radius 2 is 1.58 bits per heavy atom. The van der Waals surface area contributed by atoms with Crippen LogP contribution in [0.5, 0.6) is 5.75 Å². The minimum atomic E-state index is -5.12. The van der Waals surface area contributed by atoms with Gasteiger partial charge in [-0.15, -0.1) is 0 Å². The van der Waals surface area contributed by atoms with E-state index in [1.807, 2.05) is 0 Å². The summed E-state index contributed by atoms with van der Waals surface area (Å²) in [5, 5.41) is 0. The van der Waals surface area contributed by atoms with Gasteiger partial charge in [0.25, 0.3) is 20.0 Å². The van der Waals surface area contributed by atoms with E-state index in [-0.39, 0.29) is 11.4 Å². The average Bonchev–Trinajstić information content (AvgIpc) is 2.56. The van der Waals surface area contributed by atoms with Gasteiger partial charge >= 0.3 is 5.76 Å². The van der Waals surface area contributed by atoms with Gasteiger partial charge in [0, 0.05) is 11.8 Å². The first-order valence-electron chi connectivity index (χ1n) is 6.81. The molecule has 0 aliphatic carbocycles. The van der Waals surface area contributed by atoms with Crippen molar-refractivity contribution in [3.05, 3.63) is 48.3 Å². The number of alkyl halides is 2. The summed E-state index contributed by atoms with van der Waals surface area (Å²) in [6, 6.07) is 7.42. The zero-order valence-corrected chi connectivity index (χ0v) is 14.7. The van der Waals surface area contributed by atoms with Gasteiger partial charge in [-0.3, -0.25) is 9.44 Å². The van der Waals surface area contributed by atoms with Crippen molar-refractivity contribution >= 4 is 31.4 Å². The largest absolute Gasteiger partial charge is 0.497 e. The lowest BCUT2D eigenvalue weighted by Crippen LogP contribution is -2.23. The van der Waals surface area contributed by atoms with Gasteiger partial charge in [0.15, 0.2) is 0 Å². The van der Waals surface area contributed by atoms with Gasteiger partial charge in [-0.1, -0.05) is 0 Å². The molecule has 2 rings (SSSR count). The number of benzene rings is 2. The van der Waals surface area contributed by atoms with Crippen molar-refractivity contribution in [3.8, 4) is 5.75 Å². The number of rotatable bonds is 7. The Labute approximate surface area is 147 Å². The van der Waals surface area contributed by atoms with Gasteiger partial charge in [-0.2, -0.15) is 8.78 Å². The van der Waals surface area contributed by atoms with Crippen LogP contribution in [0.25, 0.3) is 0 Å². The van der Waals surface area contributed by atoms with Crippen molar-refractivity contribution in [2.45, 2.75) is 10.7 Å². The third-order valence-electron chi connectivity index (χ3n) is 3.06. The molecule has 0 unspecified atom stereocenters. The fraction of sp³-hybridized carbons (Fsp3) is 0.143. The van der Waals surface area contributed by atoms with E-state index in [9.17, 15) is 30.0 Å². The summed E-state index contributed by atoms with van der Waals surface area (Å²) in [5.41, 5.74) is -0.635. The number of methoxy groups -OCH3 is 1. The minimum Gasteiger partial charge on any atom is -0.497 e. The molecule has 0 amide bonds. The van der Waals surface area contributed by atoms with Gasteiger partial charge in [0.1, 0.15) is 16.5 Å². The molecule has 0 bridgehead atoms. The van der Waals surface area contributed by atoms with Crippen molar-refractivity contribution in [3.63, 3.8) is 0 Å². The van der Waals surface area contributed by atoms with Crippen LogP contribution in [-0.2, 0) is 20.0 Å². The number of anilines is 2. The van der Waals surface area contributed by atoms with E-state index in [4.69, 9.17) is 4.74 Å². The van der Waals surface area contributed by atoms with Gasteiger partial charge in [-0.05, 0) is 36.4 Å². The summed E-state index contributed by atoms with van der Waals surface area (Å²) in [6.45, 7) is 0. The molecule has 0 aliphatic heterocycles. The Balaban J connectivity index is 2.48. The van der Waals surface area contributed by atoms with Crippen molar-refractivity contribution < 1.29 is 34.7 Å². The summed E-state index contributed by atoms with van der Waals surface area (Å²) >= 11 is 0. The van der Waals surface area contributed by atoms with Crippen LogP contribution in [0.3, 0.4) is 0 Å². The number of sulfonamides is 2. The fourth-order valence-corrected chi connectivity index (χ4v) is 3.71. The van der Waals surface area contributed by atoms with Gasteiger partial charge in [0.05, 0.1) is 12.8 Å². The van der Waals surface area contributed by atoms with Crippen LogP contribution in [0.4, 0.5) is 24.5 Å². The summed E-state index contributed by atoms with van der Waals surface area (Å²) in [6.07, 6.45) is 0. The standard InChI is InChI=1S/C14H13F3N2O5S2/c1-24-11-6-7-13(12(8-11)19-26(22,23)14(16)17)25(20,21)18-10-4-2-9(15)3-5-10/h2-8,14,18-19H,1H3. The molecular weight excluding hydrogens is 397 g/mol. The summed E-state index contributed by atoms with van der Waals surface area (Å²) in [5.74, 6) is -4.32. The summed E-state index contributed by atoms with van der Waals surface area (Å²) in [7, 11) is -8.27. The van der Waals surface area contributed by atoms with E-state index in [2.05, 4.69) is 4.72 Å². The van der Waals surface area contributed by atoms with Crippen LogP contribution in [0, 0.1) is 5.82 Å². The predicted octanol–water partition coefficient (Wildman–Crippen LogP) is 2.60. The molecule has 0 saturated carbocycles. The first-order valence-corrected chi connectivity index (χ1v) is 9.84.